The zero-order valence-electron chi connectivity index (χ0n) is 7.90. The van der Waals surface area contributed by atoms with Gasteiger partial charge in [-0.3, -0.25) is 15.1 Å². The van der Waals surface area contributed by atoms with Gasteiger partial charge in [0.15, 0.2) is 0 Å². The molecule has 2 rings (SSSR count). The summed E-state index contributed by atoms with van der Waals surface area (Å²) >= 11 is 3.17. The van der Waals surface area contributed by atoms with Crippen LogP contribution in [0.15, 0.2) is 28.9 Å². The molecule has 0 unspecified atom stereocenters. The molecule has 0 fully saturated rings. The highest BCUT2D eigenvalue weighted by molar-refractivity contribution is 9.10. The third-order valence-electron chi connectivity index (χ3n) is 2.15. The summed E-state index contributed by atoms with van der Waals surface area (Å²) < 4.78 is 0.477. The van der Waals surface area contributed by atoms with Crippen molar-refractivity contribution in [1.82, 2.24) is 4.98 Å². The van der Waals surface area contributed by atoms with Gasteiger partial charge >= 0.3 is 0 Å². The zero-order chi connectivity index (χ0) is 11.0. The highest BCUT2D eigenvalue weighted by Gasteiger charge is 2.16. The number of nitro groups is 1. The highest BCUT2D eigenvalue weighted by Crippen LogP contribution is 2.32. The zero-order valence-corrected chi connectivity index (χ0v) is 9.48. The molecule has 0 bridgehead atoms. The van der Waals surface area contributed by atoms with Crippen molar-refractivity contribution in [3.8, 4) is 0 Å². The molecular formula is C10H7BrN2O2. The minimum absolute atomic E-state index is 0.0694. The molecule has 0 aliphatic carbocycles. The summed E-state index contributed by atoms with van der Waals surface area (Å²) in [6, 6.07) is 5.34. The van der Waals surface area contributed by atoms with E-state index in [0.29, 0.717) is 9.86 Å². The van der Waals surface area contributed by atoms with Crippen LogP contribution in [-0.4, -0.2) is 9.91 Å². The maximum Gasteiger partial charge on any atom is 0.292 e. The Labute approximate surface area is 94.2 Å². The lowest BCUT2D eigenvalue weighted by Crippen LogP contribution is -1.92. The summed E-state index contributed by atoms with van der Waals surface area (Å²) in [6.45, 7) is 1.85. The molecule has 0 aliphatic rings. The topological polar surface area (TPSA) is 56.0 Å². The second-order valence-electron chi connectivity index (χ2n) is 3.20. The normalized spacial score (nSPS) is 10.5. The van der Waals surface area contributed by atoms with E-state index in [9.17, 15) is 10.1 Å². The van der Waals surface area contributed by atoms with Crippen molar-refractivity contribution in [2.75, 3.05) is 0 Å². The van der Waals surface area contributed by atoms with Crippen LogP contribution in [0.2, 0.25) is 0 Å². The molecule has 0 spiro atoms. The minimum Gasteiger partial charge on any atom is -0.261 e. The molecule has 0 atom stereocenters. The van der Waals surface area contributed by atoms with Gasteiger partial charge in [-0.1, -0.05) is 6.07 Å². The number of hydrogen-bond acceptors (Lipinski definition) is 3. The maximum absolute atomic E-state index is 10.9. The molecule has 76 valence electrons. The van der Waals surface area contributed by atoms with Crippen LogP contribution in [0.3, 0.4) is 0 Å². The van der Waals surface area contributed by atoms with Crippen LogP contribution in [0, 0.1) is 17.0 Å². The smallest absolute Gasteiger partial charge is 0.261 e. The van der Waals surface area contributed by atoms with Gasteiger partial charge in [0.25, 0.3) is 5.69 Å². The molecule has 0 radical (unpaired) electrons. The number of aromatic nitrogens is 1. The van der Waals surface area contributed by atoms with Gasteiger partial charge in [0.05, 0.1) is 14.8 Å². The highest BCUT2D eigenvalue weighted by atomic mass is 79.9. The minimum atomic E-state index is -0.399. The molecule has 15 heavy (non-hydrogen) atoms. The van der Waals surface area contributed by atoms with E-state index in [1.165, 1.54) is 6.20 Å². The van der Waals surface area contributed by atoms with E-state index in [-0.39, 0.29) is 5.69 Å². The molecule has 0 amide bonds. The summed E-state index contributed by atoms with van der Waals surface area (Å²) in [6.07, 6.45) is 1.54. The summed E-state index contributed by atoms with van der Waals surface area (Å²) in [5.41, 5.74) is 0.916. The van der Waals surface area contributed by atoms with Crippen molar-refractivity contribution in [2.45, 2.75) is 6.92 Å². The number of pyridine rings is 1. The van der Waals surface area contributed by atoms with Crippen LogP contribution in [0.5, 0.6) is 0 Å². The molecule has 1 aromatic carbocycles. The molecule has 0 saturated carbocycles. The fourth-order valence-electron chi connectivity index (χ4n) is 1.47. The standard InChI is InChI=1S/C10H7BrN2O2/c1-6-4-7-2-3-9(11)10(13(14)15)8(7)5-12-6/h2-5H,1H3. The van der Waals surface area contributed by atoms with Gasteiger partial charge < -0.3 is 0 Å². The first kappa shape index (κ1) is 10.0. The van der Waals surface area contributed by atoms with Crippen LogP contribution in [0.1, 0.15) is 5.69 Å². The van der Waals surface area contributed by atoms with Gasteiger partial charge in [-0.25, -0.2) is 0 Å². The van der Waals surface area contributed by atoms with E-state index in [1.807, 2.05) is 19.1 Å². The van der Waals surface area contributed by atoms with Crippen LogP contribution >= 0.6 is 15.9 Å². The van der Waals surface area contributed by atoms with E-state index in [1.54, 1.807) is 6.07 Å². The number of nitro benzene ring substituents is 1. The lowest BCUT2D eigenvalue weighted by atomic mass is 10.1. The van der Waals surface area contributed by atoms with Crippen LogP contribution in [-0.2, 0) is 0 Å². The quantitative estimate of drug-likeness (QED) is 0.588. The van der Waals surface area contributed by atoms with Crippen molar-refractivity contribution in [2.24, 2.45) is 0 Å². The fourth-order valence-corrected chi connectivity index (χ4v) is 1.96. The van der Waals surface area contributed by atoms with Crippen molar-refractivity contribution in [1.29, 1.82) is 0 Å². The van der Waals surface area contributed by atoms with Crippen LogP contribution in [0.4, 0.5) is 5.69 Å². The summed E-state index contributed by atoms with van der Waals surface area (Å²) in [5, 5.41) is 12.3. The Balaban J connectivity index is 2.88. The molecule has 1 aromatic heterocycles. The molecule has 2 aromatic rings. The van der Waals surface area contributed by atoms with E-state index in [2.05, 4.69) is 20.9 Å². The number of nitrogens with zero attached hydrogens (tertiary/aromatic N) is 2. The van der Waals surface area contributed by atoms with Gasteiger partial charge in [0, 0.05) is 11.9 Å². The Morgan fingerprint density at radius 1 is 1.47 bits per heavy atom. The Hall–Kier alpha value is -1.49. The maximum atomic E-state index is 10.9. The molecule has 0 saturated heterocycles. The summed E-state index contributed by atoms with van der Waals surface area (Å²) in [5.74, 6) is 0. The molecule has 4 nitrogen and oxygen atoms in total. The number of benzene rings is 1. The lowest BCUT2D eigenvalue weighted by molar-refractivity contribution is -0.383. The third kappa shape index (κ3) is 1.70. The Morgan fingerprint density at radius 2 is 2.20 bits per heavy atom. The van der Waals surface area contributed by atoms with Gasteiger partial charge in [0.2, 0.25) is 0 Å². The summed E-state index contributed by atoms with van der Waals surface area (Å²) in [7, 11) is 0. The van der Waals surface area contributed by atoms with E-state index in [0.717, 1.165) is 11.1 Å². The average Bonchev–Trinajstić information content (AvgIpc) is 2.17. The number of fused-ring (bicyclic) bond motifs is 1. The van der Waals surface area contributed by atoms with E-state index < -0.39 is 4.92 Å². The van der Waals surface area contributed by atoms with Crippen molar-refractivity contribution in [3.63, 3.8) is 0 Å². The lowest BCUT2D eigenvalue weighted by Gasteiger charge is -2.01. The number of aryl methyl sites for hydroxylation is 1. The van der Waals surface area contributed by atoms with Crippen LogP contribution < -0.4 is 0 Å². The molecular weight excluding hydrogens is 260 g/mol. The van der Waals surface area contributed by atoms with Crippen molar-refractivity contribution in [3.05, 3.63) is 44.7 Å². The Morgan fingerprint density at radius 3 is 2.87 bits per heavy atom. The first-order valence-electron chi connectivity index (χ1n) is 4.29. The Kier molecular flexibility index (Phi) is 2.40. The number of halogens is 1. The van der Waals surface area contributed by atoms with Gasteiger partial charge in [-0.2, -0.15) is 0 Å². The Bertz CT molecular complexity index is 554. The van der Waals surface area contributed by atoms with Crippen molar-refractivity contribution >= 4 is 32.4 Å². The largest absolute Gasteiger partial charge is 0.292 e. The molecule has 5 heteroatoms. The first-order chi connectivity index (χ1) is 7.09. The molecule has 1 heterocycles. The van der Waals surface area contributed by atoms with Gasteiger partial charge in [0.1, 0.15) is 0 Å². The number of hydrogen-bond donors (Lipinski definition) is 0. The monoisotopic (exact) mass is 266 g/mol. The summed E-state index contributed by atoms with van der Waals surface area (Å²) in [4.78, 5) is 14.5. The SMILES string of the molecule is Cc1cc2ccc(Br)c([N+](=O)[O-])c2cn1. The second-order valence-corrected chi connectivity index (χ2v) is 4.05. The predicted octanol–water partition coefficient (Wildman–Crippen LogP) is 3.21. The van der Waals surface area contributed by atoms with Crippen LogP contribution in [0.25, 0.3) is 10.8 Å². The second kappa shape index (κ2) is 3.58. The van der Waals surface area contributed by atoms with Crippen molar-refractivity contribution < 1.29 is 4.92 Å². The predicted molar refractivity (Wildman–Crippen MR) is 60.8 cm³/mol. The van der Waals surface area contributed by atoms with Gasteiger partial charge in [-0.15, -0.1) is 0 Å². The average molecular weight is 267 g/mol. The number of rotatable bonds is 1. The third-order valence-corrected chi connectivity index (χ3v) is 2.79. The first-order valence-corrected chi connectivity index (χ1v) is 5.08. The fraction of sp³-hybridized carbons (Fsp3) is 0.100. The molecule has 0 aliphatic heterocycles. The molecule has 0 N–H and O–H groups in total. The van der Waals surface area contributed by atoms with E-state index in [4.69, 9.17) is 0 Å². The van der Waals surface area contributed by atoms with Gasteiger partial charge in [-0.05, 0) is 40.4 Å². The van der Waals surface area contributed by atoms with E-state index >= 15 is 0 Å².